The van der Waals surface area contributed by atoms with Gasteiger partial charge in [0.05, 0.1) is 6.61 Å². The molecule has 0 amide bonds. The highest BCUT2D eigenvalue weighted by Crippen LogP contribution is 2.24. The fourth-order valence-corrected chi connectivity index (χ4v) is 2.28. The summed E-state index contributed by atoms with van der Waals surface area (Å²) in [6.07, 6.45) is 1.58. The number of aliphatic hydroxyl groups excluding tert-OH is 1. The molecule has 1 aromatic carbocycles. The summed E-state index contributed by atoms with van der Waals surface area (Å²) < 4.78 is 0. The fourth-order valence-electron chi connectivity index (χ4n) is 2.28. The molecule has 3 N–H and O–H groups in total. The third-order valence-corrected chi connectivity index (χ3v) is 3.71. The number of hydrogen-bond acceptors (Lipinski definition) is 4. The van der Waals surface area contributed by atoms with Crippen LogP contribution in [0.25, 0.3) is 0 Å². The van der Waals surface area contributed by atoms with Crippen molar-refractivity contribution in [3.8, 4) is 0 Å². The van der Waals surface area contributed by atoms with Gasteiger partial charge >= 0.3 is 0 Å². The van der Waals surface area contributed by atoms with E-state index in [1.165, 1.54) is 0 Å². The van der Waals surface area contributed by atoms with Crippen LogP contribution in [0, 0.1) is 0 Å². The molecule has 0 spiro atoms. The van der Waals surface area contributed by atoms with Crippen molar-refractivity contribution in [1.29, 1.82) is 0 Å². The van der Waals surface area contributed by atoms with Gasteiger partial charge in [-0.25, -0.2) is 0 Å². The van der Waals surface area contributed by atoms with Gasteiger partial charge in [-0.05, 0) is 44.0 Å². The van der Waals surface area contributed by atoms with Crippen LogP contribution in [0.4, 0.5) is 5.69 Å². The Balaban J connectivity index is 2.03. The predicted octanol–water partition coefficient (Wildman–Crippen LogP) is 1.18. The van der Waals surface area contributed by atoms with E-state index in [4.69, 9.17) is 5.73 Å². The molecule has 0 atom stereocenters. The SMILES string of the molecule is CC(=O)c1ccc(N2CCC(N)(CO)CC2)cc1. The number of nitrogens with two attached hydrogens (primary N) is 1. The highest BCUT2D eigenvalue weighted by atomic mass is 16.3. The monoisotopic (exact) mass is 248 g/mol. The molecule has 1 aromatic rings. The number of carbonyl (C=O) groups is 1. The van der Waals surface area contributed by atoms with Crippen molar-refractivity contribution in [1.82, 2.24) is 0 Å². The van der Waals surface area contributed by atoms with Gasteiger partial charge < -0.3 is 15.7 Å². The first-order chi connectivity index (χ1) is 8.54. The van der Waals surface area contributed by atoms with E-state index >= 15 is 0 Å². The molecule has 0 aromatic heterocycles. The lowest BCUT2D eigenvalue weighted by Crippen LogP contribution is -2.52. The summed E-state index contributed by atoms with van der Waals surface area (Å²) in [5.74, 6) is 0.0847. The highest BCUT2D eigenvalue weighted by Gasteiger charge is 2.29. The summed E-state index contributed by atoms with van der Waals surface area (Å²) >= 11 is 0. The zero-order valence-corrected chi connectivity index (χ0v) is 10.7. The number of anilines is 1. The number of aliphatic hydroxyl groups is 1. The van der Waals surface area contributed by atoms with Crippen molar-refractivity contribution < 1.29 is 9.90 Å². The van der Waals surface area contributed by atoms with Gasteiger partial charge in [-0.1, -0.05) is 0 Å². The van der Waals surface area contributed by atoms with Crippen LogP contribution in [0.2, 0.25) is 0 Å². The maximum atomic E-state index is 11.2. The van der Waals surface area contributed by atoms with E-state index in [1.54, 1.807) is 6.92 Å². The maximum Gasteiger partial charge on any atom is 0.159 e. The van der Waals surface area contributed by atoms with Gasteiger partial charge in [0.15, 0.2) is 5.78 Å². The van der Waals surface area contributed by atoms with Gasteiger partial charge in [0.2, 0.25) is 0 Å². The molecule has 0 radical (unpaired) electrons. The zero-order chi connectivity index (χ0) is 13.2. The van der Waals surface area contributed by atoms with E-state index in [2.05, 4.69) is 4.90 Å². The van der Waals surface area contributed by atoms with Crippen molar-refractivity contribution in [3.63, 3.8) is 0 Å². The molecule has 4 heteroatoms. The molecule has 2 rings (SSSR count). The van der Waals surface area contributed by atoms with E-state index in [1.807, 2.05) is 24.3 Å². The first kappa shape index (κ1) is 13.1. The summed E-state index contributed by atoms with van der Waals surface area (Å²) in [6, 6.07) is 7.65. The van der Waals surface area contributed by atoms with Crippen molar-refractivity contribution in [2.45, 2.75) is 25.3 Å². The average Bonchev–Trinajstić information content (AvgIpc) is 2.40. The quantitative estimate of drug-likeness (QED) is 0.788. The third-order valence-electron chi connectivity index (χ3n) is 3.71. The molecule has 4 nitrogen and oxygen atoms in total. The van der Waals surface area contributed by atoms with Crippen molar-refractivity contribution in [2.24, 2.45) is 5.73 Å². The molecular formula is C14H20N2O2. The summed E-state index contributed by atoms with van der Waals surface area (Å²) in [5.41, 5.74) is 7.47. The summed E-state index contributed by atoms with van der Waals surface area (Å²) in [4.78, 5) is 13.4. The van der Waals surface area contributed by atoms with Crippen LogP contribution < -0.4 is 10.6 Å². The largest absolute Gasteiger partial charge is 0.394 e. The van der Waals surface area contributed by atoms with Gasteiger partial charge in [0.25, 0.3) is 0 Å². The predicted molar refractivity (Wildman–Crippen MR) is 71.9 cm³/mol. The van der Waals surface area contributed by atoms with Crippen molar-refractivity contribution in [3.05, 3.63) is 29.8 Å². The maximum absolute atomic E-state index is 11.2. The molecule has 98 valence electrons. The second kappa shape index (κ2) is 5.08. The Morgan fingerprint density at radius 2 is 1.89 bits per heavy atom. The molecule has 1 aliphatic rings. The molecule has 0 unspecified atom stereocenters. The van der Waals surface area contributed by atoms with Crippen LogP contribution in [-0.4, -0.2) is 36.1 Å². The Kier molecular flexibility index (Phi) is 3.68. The Hall–Kier alpha value is -1.39. The molecule has 0 aliphatic carbocycles. The Bertz CT molecular complexity index is 420. The van der Waals surface area contributed by atoms with Gasteiger partial charge in [-0.2, -0.15) is 0 Å². The Morgan fingerprint density at radius 1 is 1.33 bits per heavy atom. The molecule has 18 heavy (non-hydrogen) atoms. The van der Waals surface area contributed by atoms with E-state index < -0.39 is 5.54 Å². The molecule has 1 fully saturated rings. The van der Waals surface area contributed by atoms with Crippen molar-refractivity contribution in [2.75, 3.05) is 24.6 Å². The number of hydrogen-bond donors (Lipinski definition) is 2. The lowest BCUT2D eigenvalue weighted by atomic mass is 9.89. The van der Waals surface area contributed by atoms with Crippen LogP contribution in [-0.2, 0) is 0 Å². The van der Waals surface area contributed by atoms with E-state index in [-0.39, 0.29) is 12.4 Å². The Labute approximate surface area is 107 Å². The first-order valence-corrected chi connectivity index (χ1v) is 6.30. The average molecular weight is 248 g/mol. The Morgan fingerprint density at radius 3 is 2.33 bits per heavy atom. The molecule has 0 saturated carbocycles. The van der Waals surface area contributed by atoms with Crippen molar-refractivity contribution >= 4 is 11.5 Å². The second-order valence-electron chi connectivity index (χ2n) is 5.11. The minimum atomic E-state index is -0.421. The zero-order valence-electron chi connectivity index (χ0n) is 10.7. The highest BCUT2D eigenvalue weighted by molar-refractivity contribution is 5.94. The third kappa shape index (κ3) is 2.71. The smallest absolute Gasteiger partial charge is 0.159 e. The summed E-state index contributed by atoms with van der Waals surface area (Å²) in [7, 11) is 0. The van der Waals surface area contributed by atoms with Crippen LogP contribution in [0.3, 0.4) is 0 Å². The first-order valence-electron chi connectivity index (χ1n) is 6.30. The lowest BCUT2D eigenvalue weighted by molar-refractivity contribution is 0.101. The summed E-state index contributed by atoms with van der Waals surface area (Å²) in [6.45, 7) is 3.30. The molecule has 1 heterocycles. The normalized spacial score (nSPS) is 18.7. The van der Waals surface area contributed by atoms with Gasteiger partial charge in [0, 0.05) is 29.9 Å². The van der Waals surface area contributed by atoms with Gasteiger partial charge in [-0.15, -0.1) is 0 Å². The number of benzene rings is 1. The van der Waals surface area contributed by atoms with Crippen LogP contribution in [0.15, 0.2) is 24.3 Å². The van der Waals surface area contributed by atoms with E-state index in [0.29, 0.717) is 0 Å². The fraction of sp³-hybridized carbons (Fsp3) is 0.500. The minimum Gasteiger partial charge on any atom is -0.394 e. The number of carbonyl (C=O) groups excluding carboxylic acids is 1. The van der Waals surface area contributed by atoms with Crippen LogP contribution in [0.1, 0.15) is 30.1 Å². The minimum absolute atomic E-state index is 0.0457. The van der Waals surface area contributed by atoms with Gasteiger partial charge in [0.1, 0.15) is 0 Å². The molecular weight excluding hydrogens is 228 g/mol. The van der Waals surface area contributed by atoms with Gasteiger partial charge in [-0.3, -0.25) is 4.79 Å². The standard InChI is InChI=1S/C14H20N2O2/c1-11(18)12-2-4-13(5-3-12)16-8-6-14(15,10-17)7-9-16/h2-5,17H,6-10,15H2,1H3. The topological polar surface area (TPSA) is 66.6 Å². The van der Waals surface area contributed by atoms with E-state index in [9.17, 15) is 9.90 Å². The molecule has 1 aliphatic heterocycles. The van der Waals surface area contributed by atoms with Crippen LogP contribution in [0.5, 0.6) is 0 Å². The lowest BCUT2D eigenvalue weighted by Gasteiger charge is -2.39. The molecule has 0 bridgehead atoms. The second-order valence-corrected chi connectivity index (χ2v) is 5.11. The number of ketones is 1. The number of piperidine rings is 1. The van der Waals surface area contributed by atoms with E-state index in [0.717, 1.165) is 37.2 Å². The van der Waals surface area contributed by atoms with Crippen LogP contribution >= 0.6 is 0 Å². The number of nitrogens with zero attached hydrogens (tertiary/aromatic N) is 1. The number of rotatable bonds is 3. The summed E-state index contributed by atoms with van der Waals surface area (Å²) in [5, 5.41) is 9.22. The molecule has 1 saturated heterocycles. The number of Topliss-reactive ketones (excluding diaryl/α,β-unsaturated/α-hetero) is 1.